The first-order chi connectivity index (χ1) is 10.8. The molecule has 0 radical (unpaired) electrons. The van der Waals surface area contributed by atoms with Gasteiger partial charge in [-0.05, 0) is 44.4 Å². The van der Waals surface area contributed by atoms with Crippen LogP contribution in [-0.4, -0.2) is 19.1 Å². The van der Waals surface area contributed by atoms with Crippen LogP contribution in [-0.2, 0) is 5.54 Å². The third-order valence-corrected chi connectivity index (χ3v) is 6.08. The van der Waals surface area contributed by atoms with Crippen molar-refractivity contribution in [1.82, 2.24) is 10.6 Å². The molecular formula is C19H29ClN2. The van der Waals surface area contributed by atoms with E-state index in [1.165, 1.54) is 56.9 Å². The van der Waals surface area contributed by atoms with Crippen LogP contribution in [0.1, 0.15) is 63.4 Å². The highest BCUT2D eigenvalue weighted by Crippen LogP contribution is 2.40. The minimum atomic E-state index is -0.0198. The van der Waals surface area contributed by atoms with Crippen molar-refractivity contribution in [2.24, 2.45) is 0 Å². The van der Waals surface area contributed by atoms with E-state index in [9.17, 15) is 0 Å². The fraction of sp³-hybridized carbons (Fsp3) is 0.684. The molecular weight excluding hydrogens is 292 g/mol. The molecule has 2 aliphatic rings. The molecule has 0 bridgehead atoms. The van der Waals surface area contributed by atoms with Crippen LogP contribution in [0.25, 0.3) is 0 Å². The first kappa shape index (κ1) is 16.3. The van der Waals surface area contributed by atoms with E-state index in [2.05, 4.69) is 29.8 Å². The van der Waals surface area contributed by atoms with Gasteiger partial charge in [-0.1, -0.05) is 61.9 Å². The minimum absolute atomic E-state index is 0.0198. The van der Waals surface area contributed by atoms with Gasteiger partial charge in [-0.15, -0.1) is 0 Å². The topological polar surface area (TPSA) is 24.1 Å². The minimum Gasteiger partial charge on any atom is -0.309 e. The summed E-state index contributed by atoms with van der Waals surface area (Å²) in [4.78, 5) is 0. The van der Waals surface area contributed by atoms with Crippen LogP contribution in [0.5, 0.6) is 0 Å². The van der Waals surface area contributed by atoms with Gasteiger partial charge in [-0.25, -0.2) is 0 Å². The average Bonchev–Trinajstić information content (AvgIpc) is 2.57. The van der Waals surface area contributed by atoms with Gasteiger partial charge in [0.1, 0.15) is 0 Å². The van der Waals surface area contributed by atoms with E-state index in [1.54, 1.807) is 0 Å². The molecule has 2 N–H and O–H groups in total. The number of nitrogens with one attached hydrogen (secondary N) is 2. The molecule has 0 spiro atoms. The lowest BCUT2D eigenvalue weighted by Gasteiger charge is -2.47. The molecule has 2 saturated carbocycles. The Morgan fingerprint density at radius 1 is 1.00 bits per heavy atom. The van der Waals surface area contributed by atoms with Crippen molar-refractivity contribution in [3.8, 4) is 0 Å². The maximum Gasteiger partial charge on any atom is 0.0602 e. The third kappa shape index (κ3) is 3.20. The molecule has 1 aromatic rings. The number of likely N-dealkylation sites (N-methyl/N-ethyl adjacent to an activating group) is 1. The second-order valence-electron chi connectivity index (χ2n) is 7.00. The summed E-state index contributed by atoms with van der Waals surface area (Å²) in [6.07, 6.45) is 11.8. The summed E-state index contributed by atoms with van der Waals surface area (Å²) in [5.74, 6) is 0. The Balaban J connectivity index is 1.86. The molecule has 3 heteroatoms. The standard InChI is InChI=1S/C19H29ClN2/c1-21-19(16-11-5-6-12-17(16)20)14-8-7-13-18(19)22-15-9-3-2-4-10-15/h5-6,11-12,15,18,21-22H,2-4,7-10,13-14H2,1H3/t18-,19+/m1/s1. The van der Waals surface area contributed by atoms with Gasteiger partial charge in [-0.2, -0.15) is 0 Å². The van der Waals surface area contributed by atoms with Crippen molar-refractivity contribution in [3.05, 3.63) is 34.9 Å². The quantitative estimate of drug-likeness (QED) is 0.846. The molecule has 122 valence electrons. The summed E-state index contributed by atoms with van der Waals surface area (Å²) >= 11 is 6.57. The number of hydrogen-bond donors (Lipinski definition) is 2. The van der Waals surface area contributed by atoms with Gasteiger partial charge in [0.15, 0.2) is 0 Å². The summed E-state index contributed by atoms with van der Waals surface area (Å²) in [5, 5.41) is 8.57. The highest BCUT2D eigenvalue weighted by Gasteiger charge is 2.42. The molecule has 2 atom stereocenters. The van der Waals surface area contributed by atoms with E-state index < -0.39 is 0 Å². The Hall–Kier alpha value is -0.570. The van der Waals surface area contributed by atoms with Crippen LogP contribution in [0.2, 0.25) is 5.02 Å². The van der Waals surface area contributed by atoms with E-state index in [-0.39, 0.29) is 5.54 Å². The predicted molar refractivity (Wildman–Crippen MR) is 94.5 cm³/mol. The fourth-order valence-corrected chi connectivity index (χ4v) is 4.84. The molecule has 0 unspecified atom stereocenters. The number of benzene rings is 1. The summed E-state index contributed by atoms with van der Waals surface area (Å²) < 4.78 is 0. The monoisotopic (exact) mass is 320 g/mol. The zero-order chi connectivity index (χ0) is 15.4. The van der Waals surface area contributed by atoms with Crippen molar-refractivity contribution in [2.75, 3.05) is 7.05 Å². The molecule has 2 fully saturated rings. The van der Waals surface area contributed by atoms with Gasteiger partial charge in [0, 0.05) is 17.1 Å². The number of hydrogen-bond acceptors (Lipinski definition) is 2. The molecule has 0 saturated heterocycles. The van der Waals surface area contributed by atoms with Crippen molar-refractivity contribution in [3.63, 3.8) is 0 Å². The Morgan fingerprint density at radius 3 is 2.45 bits per heavy atom. The first-order valence-corrected chi connectivity index (χ1v) is 9.34. The van der Waals surface area contributed by atoms with Gasteiger partial charge in [0.25, 0.3) is 0 Å². The highest BCUT2D eigenvalue weighted by molar-refractivity contribution is 6.31. The average molecular weight is 321 g/mol. The van der Waals surface area contributed by atoms with Crippen LogP contribution in [0, 0.1) is 0 Å². The van der Waals surface area contributed by atoms with Crippen molar-refractivity contribution >= 4 is 11.6 Å². The Kier molecular flexibility index (Phi) is 5.43. The molecule has 0 aromatic heterocycles. The summed E-state index contributed by atoms with van der Waals surface area (Å²) in [5.41, 5.74) is 1.25. The van der Waals surface area contributed by atoms with E-state index in [4.69, 9.17) is 11.6 Å². The normalized spacial score (nSPS) is 30.4. The fourth-order valence-electron chi connectivity index (χ4n) is 4.53. The van der Waals surface area contributed by atoms with Gasteiger partial charge in [0.05, 0.1) is 5.54 Å². The molecule has 0 aliphatic heterocycles. The molecule has 1 aromatic carbocycles. The zero-order valence-corrected chi connectivity index (χ0v) is 14.5. The second-order valence-corrected chi connectivity index (χ2v) is 7.41. The van der Waals surface area contributed by atoms with Gasteiger partial charge in [-0.3, -0.25) is 0 Å². The summed E-state index contributed by atoms with van der Waals surface area (Å²) in [7, 11) is 2.10. The lowest BCUT2D eigenvalue weighted by molar-refractivity contribution is 0.156. The number of halogens is 1. The van der Waals surface area contributed by atoms with Gasteiger partial charge in [0.2, 0.25) is 0 Å². The summed E-state index contributed by atoms with van der Waals surface area (Å²) in [6, 6.07) is 9.55. The molecule has 0 heterocycles. The second kappa shape index (κ2) is 7.33. The van der Waals surface area contributed by atoms with Crippen LogP contribution in [0.15, 0.2) is 24.3 Å². The van der Waals surface area contributed by atoms with Crippen molar-refractivity contribution < 1.29 is 0 Å². The van der Waals surface area contributed by atoms with Crippen LogP contribution in [0.3, 0.4) is 0 Å². The molecule has 2 nitrogen and oxygen atoms in total. The largest absolute Gasteiger partial charge is 0.309 e. The van der Waals surface area contributed by atoms with E-state index in [0.29, 0.717) is 12.1 Å². The van der Waals surface area contributed by atoms with Crippen molar-refractivity contribution in [1.29, 1.82) is 0 Å². The molecule has 2 aliphatic carbocycles. The Labute approximate surface area is 140 Å². The van der Waals surface area contributed by atoms with Crippen LogP contribution < -0.4 is 10.6 Å². The van der Waals surface area contributed by atoms with Crippen LogP contribution >= 0.6 is 11.6 Å². The number of rotatable bonds is 4. The van der Waals surface area contributed by atoms with E-state index in [1.807, 2.05) is 12.1 Å². The lowest BCUT2D eigenvalue weighted by atomic mass is 9.72. The van der Waals surface area contributed by atoms with E-state index in [0.717, 1.165) is 11.4 Å². The highest BCUT2D eigenvalue weighted by atomic mass is 35.5. The Bertz CT molecular complexity index is 484. The van der Waals surface area contributed by atoms with Crippen LogP contribution in [0.4, 0.5) is 0 Å². The lowest BCUT2D eigenvalue weighted by Crippen LogP contribution is -2.60. The zero-order valence-electron chi connectivity index (χ0n) is 13.7. The molecule has 3 rings (SSSR count). The summed E-state index contributed by atoms with van der Waals surface area (Å²) in [6.45, 7) is 0. The van der Waals surface area contributed by atoms with Gasteiger partial charge >= 0.3 is 0 Å². The first-order valence-electron chi connectivity index (χ1n) is 8.96. The van der Waals surface area contributed by atoms with Gasteiger partial charge < -0.3 is 10.6 Å². The molecule has 0 amide bonds. The predicted octanol–water partition coefficient (Wildman–Crippen LogP) is 4.62. The smallest absolute Gasteiger partial charge is 0.0602 e. The third-order valence-electron chi connectivity index (χ3n) is 5.75. The van der Waals surface area contributed by atoms with E-state index >= 15 is 0 Å². The Morgan fingerprint density at radius 2 is 1.73 bits per heavy atom. The maximum atomic E-state index is 6.57. The maximum absolute atomic E-state index is 6.57. The molecule has 22 heavy (non-hydrogen) atoms. The SMILES string of the molecule is CN[C@]1(c2ccccc2Cl)CCCC[C@H]1NC1CCCCC1. The van der Waals surface area contributed by atoms with Crippen molar-refractivity contribution in [2.45, 2.75) is 75.4 Å².